The molecule has 0 aliphatic rings. The van der Waals surface area contributed by atoms with Crippen LogP contribution in [0.3, 0.4) is 0 Å². The predicted octanol–water partition coefficient (Wildman–Crippen LogP) is 3.58. The highest BCUT2D eigenvalue weighted by atomic mass is 16.5. The van der Waals surface area contributed by atoms with E-state index in [0.717, 1.165) is 31.9 Å². The van der Waals surface area contributed by atoms with Crippen molar-refractivity contribution in [3.63, 3.8) is 0 Å². The summed E-state index contributed by atoms with van der Waals surface area (Å²) in [6.07, 6.45) is 0.399. The highest BCUT2D eigenvalue weighted by molar-refractivity contribution is 5.30. The summed E-state index contributed by atoms with van der Waals surface area (Å²) >= 11 is 0. The van der Waals surface area contributed by atoms with E-state index >= 15 is 0 Å². The van der Waals surface area contributed by atoms with Crippen LogP contribution in [0.5, 0.6) is 5.75 Å². The summed E-state index contributed by atoms with van der Waals surface area (Å²) < 4.78 is 10.9. The molecule has 0 aliphatic heterocycles. The van der Waals surface area contributed by atoms with E-state index in [0.29, 0.717) is 6.54 Å². The van der Waals surface area contributed by atoms with E-state index in [4.69, 9.17) is 9.47 Å². The lowest BCUT2D eigenvalue weighted by Crippen LogP contribution is -2.36. The van der Waals surface area contributed by atoms with Crippen LogP contribution in [0.1, 0.15) is 23.1 Å². The maximum absolute atomic E-state index is 10.4. The molecule has 0 spiro atoms. The Kier molecular flexibility index (Phi) is 8.62. The van der Waals surface area contributed by atoms with Crippen LogP contribution in [-0.2, 0) is 11.3 Å². The van der Waals surface area contributed by atoms with Crippen molar-refractivity contribution >= 4 is 0 Å². The van der Waals surface area contributed by atoms with Gasteiger partial charge in [0.15, 0.2) is 0 Å². The molecule has 0 aromatic heterocycles. The molecule has 0 radical (unpaired) electrons. The average Bonchev–Trinajstić information content (AvgIpc) is 2.64. The first kappa shape index (κ1) is 20.4. The number of aliphatic hydroxyl groups excluding tert-OH is 1. The van der Waals surface area contributed by atoms with Crippen LogP contribution in [0, 0.1) is 13.8 Å². The molecule has 142 valence electrons. The first-order valence-corrected chi connectivity index (χ1v) is 9.22. The summed E-state index contributed by atoms with van der Waals surface area (Å²) in [5, 5.41) is 10.4. The minimum atomic E-state index is -0.539. The standard InChI is InChI=1S/C22H31NO3/c1-18-10-11-19(2)20(14-18)15-23(12-7-13-25-3)16-21(24)17-26-22-8-5-4-6-9-22/h4-6,8-11,14,21,24H,7,12-13,15-17H2,1-3H3/t21-/m0/s1. The normalized spacial score (nSPS) is 12.3. The third-order valence-corrected chi connectivity index (χ3v) is 4.38. The van der Waals surface area contributed by atoms with Crippen molar-refractivity contribution in [2.45, 2.75) is 32.9 Å². The van der Waals surface area contributed by atoms with Gasteiger partial charge in [-0.05, 0) is 43.5 Å². The number of hydrogen-bond acceptors (Lipinski definition) is 4. The fraction of sp³-hybridized carbons (Fsp3) is 0.455. The number of ether oxygens (including phenoxy) is 2. The SMILES string of the molecule is COCCCN(Cc1cc(C)ccc1C)C[C@H](O)COc1ccccc1. The van der Waals surface area contributed by atoms with Gasteiger partial charge in [-0.25, -0.2) is 0 Å². The third kappa shape index (κ3) is 7.16. The van der Waals surface area contributed by atoms with Crippen LogP contribution >= 0.6 is 0 Å². The van der Waals surface area contributed by atoms with Gasteiger partial charge < -0.3 is 14.6 Å². The summed E-state index contributed by atoms with van der Waals surface area (Å²) in [7, 11) is 1.72. The number of para-hydroxylation sites is 1. The molecule has 0 bridgehead atoms. The van der Waals surface area contributed by atoms with Gasteiger partial charge in [-0.2, -0.15) is 0 Å². The van der Waals surface area contributed by atoms with E-state index in [2.05, 4.69) is 36.9 Å². The van der Waals surface area contributed by atoms with Crippen molar-refractivity contribution in [2.75, 3.05) is 33.4 Å². The predicted molar refractivity (Wildman–Crippen MR) is 106 cm³/mol. The van der Waals surface area contributed by atoms with Crippen LogP contribution in [0.15, 0.2) is 48.5 Å². The second-order valence-electron chi connectivity index (χ2n) is 6.79. The van der Waals surface area contributed by atoms with Gasteiger partial charge in [0.25, 0.3) is 0 Å². The molecular formula is C22H31NO3. The number of methoxy groups -OCH3 is 1. The molecule has 0 aliphatic carbocycles. The van der Waals surface area contributed by atoms with Crippen molar-refractivity contribution in [2.24, 2.45) is 0 Å². The largest absolute Gasteiger partial charge is 0.491 e. The Hall–Kier alpha value is -1.88. The van der Waals surface area contributed by atoms with Gasteiger partial charge in [0.1, 0.15) is 18.5 Å². The Bertz CT molecular complexity index is 645. The lowest BCUT2D eigenvalue weighted by Gasteiger charge is -2.26. The van der Waals surface area contributed by atoms with Gasteiger partial charge >= 0.3 is 0 Å². The second kappa shape index (κ2) is 11.0. The molecule has 26 heavy (non-hydrogen) atoms. The van der Waals surface area contributed by atoms with Crippen LogP contribution in [0.2, 0.25) is 0 Å². The Morgan fingerprint density at radius 3 is 2.58 bits per heavy atom. The summed E-state index contributed by atoms with van der Waals surface area (Å²) in [5.74, 6) is 0.784. The van der Waals surface area contributed by atoms with E-state index in [9.17, 15) is 5.11 Å². The van der Waals surface area contributed by atoms with E-state index in [1.165, 1.54) is 16.7 Å². The van der Waals surface area contributed by atoms with Crippen molar-refractivity contribution < 1.29 is 14.6 Å². The zero-order valence-electron chi connectivity index (χ0n) is 16.1. The topological polar surface area (TPSA) is 41.9 Å². The van der Waals surface area contributed by atoms with E-state index in [-0.39, 0.29) is 6.61 Å². The zero-order valence-corrected chi connectivity index (χ0v) is 16.1. The van der Waals surface area contributed by atoms with Crippen LogP contribution in [0.4, 0.5) is 0 Å². The molecule has 2 rings (SSSR count). The highest BCUT2D eigenvalue weighted by Crippen LogP contribution is 2.15. The molecule has 1 atom stereocenters. The fourth-order valence-electron chi connectivity index (χ4n) is 2.94. The smallest absolute Gasteiger partial charge is 0.119 e. The van der Waals surface area contributed by atoms with Crippen molar-refractivity contribution in [3.05, 3.63) is 65.2 Å². The Labute approximate surface area is 157 Å². The molecule has 1 N–H and O–H groups in total. The van der Waals surface area contributed by atoms with Crippen molar-refractivity contribution in [3.8, 4) is 5.75 Å². The van der Waals surface area contributed by atoms with Gasteiger partial charge in [0.05, 0.1) is 0 Å². The molecule has 0 saturated carbocycles. The molecule has 0 heterocycles. The lowest BCUT2D eigenvalue weighted by molar-refractivity contribution is 0.0617. The van der Waals surface area contributed by atoms with Gasteiger partial charge in [0.2, 0.25) is 0 Å². The molecule has 2 aromatic rings. The molecule has 4 nitrogen and oxygen atoms in total. The number of aryl methyl sites for hydroxylation is 2. The molecular weight excluding hydrogens is 326 g/mol. The van der Waals surface area contributed by atoms with Gasteiger partial charge in [0, 0.05) is 33.4 Å². The molecule has 0 amide bonds. The maximum Gasteiger partial charge on any atom is 0.119 e. The van der Waals surface area contributed by atoms with Crippen LogP contribution in [0.25, 0.3) is 0 Å². The maximum atomic E-state index is 10.4. The molecule has 0 saturated heterocycles. The third-order valence-electron chi connectivity index (χ3n) is 4.38. The average molecular weight is 357 g/mol. The van der Waals surface area contributed by atoms with Gasteiger partial charge in [-0.1, -0.05) is 42.0 Å². The Balaban J connectivity index is 1.93. The zero-order chi connectivity index (χ0) is 18.8. The van der Waals surface area contributed by atoms with E-state index in [1.54, 1.807) is 7.11 Å². The summed E-state index contributed by atoms with van der Waals surface area (Å²) in [6, 6.07) is 16.1. The van der Waals surface area contributed by atoms with E-state index in [1.807, 2.05) is 30.3 Å². The Morgan fingerprint density at radius 1 is 1.08 bits per heavy atom. The number of benzene rings is 2. The number of rotatable bonds is 11. The van der Waals surface area contributed by atoms with Crippen molar-refractivity contribution in [1.29, 1.82) is 0 Å². The Morgan fingerprint density at radius 2 is 1.85 bits per heavy atom. The minimum Gasteiger partial charge on any atom is -0.491 e. The number of aliphatic hydroxyl groups is 1. The quantitative estimate of drug-likeness (QED) is 0.624. The monoisotopic (exact) mass is 357 g/mol. The number of nitrogens with zero attached hydrogens (tertiary/aromatic N) is 1. The fourth-order valence-corrected chi connectivity index (χ4v) is 2.94. The van der Waals surface area contributed by atoms with E-state index < -0.39 is 6.10 Å². The summed E-state index contributed by atoms with van der Waals surface area (Å²) in [6.45, 7) is 7.53. The van der Waals surface area contributed by atoms with Gasteiger partial charge in [-0.15, -0.1) is 0 Å². The summed E-state index contributed by atoms with van der Waals surface area (Å²) in [5.41, 5.74) is 3.84. The summed E-state index contributed by atoms with van der Waals surface area (Å²) in [4.78, 5) is 2.28. The first-order valence-electron chi connectivity index (χ1n) is 9.22. The minimum absolute atomic E-state index is 0.289. The lowest BCUT2D eigenvalue weighted by atomic mass is 10.0. The second-order valence-corrected chi connectivity index (χ2v) is 6.79. The van der Waals surface area contributed by atoms with Crippen LogP contribution < -0.4 is 4.74 Å². The van der Waals surface area contributed by atoms with Crippen LogP contribution in [-0.4, -0.2) is 49.5 Å². The van der Waals surface area contributed by atoms with Crippen molar-refractivity contribution in [1.82, 2.24) is 4.90 Å². The highest BCUT2D eigenvalue weighted by Gasteiger charge is 2.14. The molecule has 0 unspecified atom stereocenters. The number of hydrogen-bond donors (Lipinski definition) is 1. The molecule has 2 aromatic carbocycles. The van der Waals surface area contributed by atoms with Gasteiger partial charge in [-0.3, -0.25) is 4.90 Å². The first-order chi connectivity index (χ1) is 12.6. The molecule has 4 heteroatoms. The molecule has 0 fully saturated rings.